The third-order valence-corrected chi connectivity index (χ3v) is 3.51. The summed E-state index contributed by atoms with van der Waals surface area (Å²) < 4.78 is 5.34. The Hall–Kier alpha value is -2.08. The molecule has 1 saturated carbocycles. The molecule has 1 heterocycles. The van der Waals surface area contributed by atoms with Crippen LogP contribution < -0.4 is 20.7 Å². The minimum absolute atomic E-state index is 0.131. The third-order valence-electron chi connectivity index (χ3n) is 3.51. The number of anilines is 2. The van der Waals surface area contributed by atoms with Crippen LogP contribution in [-0.2, 0) is 9.59 Å². The molecule has 1 aromatic carbocycles. The second kappa shape index (κ2) is 3.96. The number of hydrogen-bond donors (Lipinski definition) is 2. The van der Waals surface area contributed by atoms with Crippen molar-refractivity contribution in [2.75, 3.05) is 23.9 Å². The Kier molecular flexibility index (Phi) is 2.50. The standard InChI is InChI=1S/C13H15N3O3/c1-15-8-2-3-10-9(6-8)16(11(17)7-19-10)12(18)13(14)4-5-13/h2-3,6,15H,4-5,7,14H2,1H3. The van der Waals surface area contributed by atoms with E-state index in [4.69, 9.17) is 10.5 Å². The number of amides is 2. The molecule has 0 unspecified atom stereocenters. The zero-order valence-electron chi connectivity index (χ0n) is 10.6. The van der Waals surface area contributed by atoms with Gasteiger partial charge < -0.3 is 15.8 Å². The minimum Gasteiger partial charge on any atom is -0.482 e. The van der Waals surface area contributed by atoms with Crippen molar-refractivity contribution in [3.63, 3.8) is 0 Å². The van der Waals surface area contributed by atoms with E-state index in [1.54, 1.807) is 19.2 Å². The fraction of sp³-hybridized carbons (Fsp3) is 0.385. The van der Waals surface area contributed by atoms with Crippen molar-refractivity contribution < 1.29 is 14.3 Å². The Morgan fingerprint density at radius 2 is 2.21 bits per heavy atom. The molecule has 0 radical (unpaired) electrons. The minimum atomic E-state index is -0.875. The van der Waals surface area contributed by atoms with Gasteiger partial charge >= 0.3 is 0 Å². The molecule has 3 N–H and O–H groups in total. The summed E-state index contributed by atoms with van der Waals surface area (Å²) in [6.07, 6.45) is 1.25. The van der Waals surface area contributed by atoms with Crippen LogP contribution in [0, 0.1) is 0 Å². The average molecular weight is 261 g/mol. The van der Waals surface area contributed by atoms with Crippen LogP contribution in [0.4, 0.5) is 11.4 Å². The number of nitrogens with zero attached hydrogens (tertiary/aromatic N) is 1. The molecule has 6 heteroatoms. The zero-order valence-corrected chi connectivity index (χ0v) is 10.6. The fourth-order valence-corrected chi connectivity index (χ4v) is 2.10. The van der Waals surface area contributed by atoms with E-state index < -0.39 is 5.54 Å². The van der Waals surface area contributed by atoms with E-state index in [0.717, 1.165) is 10.6 Å². The van der Waals surface area contributed by atoms with Gasteiger partial charge in [-0.15, -0.1) is 0 Å². The van der Waals surface area contributed by atoms with Gasteiger partial charge in [-0.05, 0) is 31.0 Å². The van der Waals surface area contributed by atoms with Gasteiger partial charge in [0.05, 0.1) is 11.2 Å². The maximum absolute atomic E-state index is 12.4. The van der Waals surface area contributed by atoms with Crippen LogP contribution in [0.1, 0.15) is 12.8 Å². The van der Waals surface area contributed by atoms with Crippen molar-refractivity contribution in [2.24, 2.45) is 5.73 Å². The lowest BCUT2D eigenvalue weighted by atomic mass is 10.1. The number of rotatable bonds is 2. The predicted octanol–water partition coefficient (Wildman–Crippen LogP) is 0.472. The summed E-state index contributed by atoms with van der Waals surface area (Å²) in [4.78, 5) is 25.5. The maximum atomic E-state index is 12.4. The summed E-state index contributed by atoms with van der Waals surface area (Å²) in [6.45, 7) is -0.131. The fourth-order valence-electron chi connectivity index (χ4n) is 2.10. The number of nitrogens with one attached hydrogen (secondary N) is 1. The molecule has 2 aliphatic rings. The van der Waals surface area contributed by atoms with Gasteiger partial charge in [-0.3, -0.25) is 9.59 Å². The summed E-state index contributed by atoms with van der Waals surface area (Å²) in [6, 6.07) is 5.28. The van der Waals surface area contributed by atoms with Gasteiger partial charge in [0, 0.05) is 12.7 Å². The predicted molar refractivity (Wildman–Crippen MR) is 70.1 cm³/mol. The molecule has 6 nitrogen and oxygen atoms in total. The van der Waals surface area contributed by atoms with Gasteiger partial charge in [0.2, 0.25) is 0 Å². The van der Waals surface area contributed by atoms with Gasteiger partial charge in [-0.2, -0.15) is 0 Å². The highest BCUT2D eigenvalue weighted by molar-refractivity contribution is 6.21. The van der Waals surface area contributed by atoms with E-state index in [0.29, 0.717) is 24.3 Å². The average Bonchev–Trinajstić information content (AvgIpc) is 3.16. The molecule has 1 aliphatic carbocycles. The van der Waals surface area contributed by atoms with Crippen molar-refractivity contribution >= 4 is 23.2 Å². The van der Waals surface area contributed by atoms with Crippen LogP contribution in [0.25, 0.3) is 0 Å². The SMILES string of the molecule is CNc1ccc2c(c1)N(C(=O)C1(N)CC1)C(=O)CO2. The Morgan fingerprint density at radius 3 is 2.84 bits per heavy atom. The molecule has 100 valence electrons. The van der Waals surface area contributed by atoms with Crippen LogP contribution in [0.15, 0.2) is 18.2 Å². The van der Waals surface area contributed by atoms with Gasteiger partial charge in [0.1, 0.15) is 5.75 Å². The summed E-state index contributed by atoms with van der Waals surface area (Å²) in [5.74, 6) is -0.186. The first-order valence-electron chi connectivity index (χ1n) is 6.16. The van der Waals surface area contributed by atoms with Crippen molar-refractivity contribution in [2.45, 2.75) is 18.4 Å². The first-order chi connectivity index (χ1) is 9.05. The Labute approximate surface area is 110 Å². The van der Waals surface area contributed by atoms with Crippen molar-refractivity contribution in [1.82, 2.24) is 0 Å². The number of fused-ring (bicyclic) bond motifs is 1. The summed E-state index contributed by atoms with van der Waals surface area (Å²) in [5.41, 5.74) is 6.30. The molecule has 1 fully saturated rings. The molecule has 0 spiro atoms. The monoisotopic (exact) mass is 261 g/mol. The van der Waals surface area contributed by atoms with Crippen LogP contribution in [0.5, 0.6) is 5.75 Å². The zero-order chi connectivity index (χ0) is 13.6. The molecule has 19 heavy (non-hydrogen) atoms. The first-order valence-corrected chi connectivity index (χ1v) is 6.16. The highest BCUT2D eigenvalue weighted by Gasteiger charge is 2.51. The summed E-state index contributed by atoms with van der Waals surface area (Å²) >= 11 is 0. The second-order valence-corrected chi connectivity index (χ2v) is 4.91. The van der Waals surface area contributed by atoms with E-state index in [-0.39, 0.29) is 18.4 Å². The topological polar surface area (TPSA) is 84.7 Å². The number of carbonyl (C=O) groups is 2. The number of nitrogens with two attached hydrogens (primary N) is 1. The molecule has 0 atom stereocenters. The molecule has 3 rings (SSSR count). The van der Waals surface area contributed by atoms with Crippen LogP contribution in [-0.4, -0.2) is 31.0 Å². The van der Waals surface area contributed by atoms with E-state index >= 15 is 0 Å². The van der Waals surface area contributed by atoms with Gasteiger partial charge in [0.25, 0.3) is 11.8 Å². The van der Waals surface area contributed by atoms with Crippen molar-refractivity contribution in [1.29, 1.82) is 0 Å². The van der Waals surface area contributed by atoms with Gasteiger partial charge in [-0.1, -0.05) is 0 Å². The Morgan fingerprint density at radius 1 is 1.47 bits per heavy atom. The second-order valence-electron chi connectivity index (χ2n) is 4.91. The molecular weight excluding hydrogens is 246 g/mol. The first kappa shape index (κ1) is 12.0. The number of hydrogen-bond acceptors (Lipinski definition) is 5. The van der Waals surface area contributed by atoms with Crippen molar-refractivity contribution in [3.8, 4) is 5.75 Å². The molecule has 1 aliphatic heterocycles. The number of ether oxygens (including phenoxy) is 1. The van der Waals surface area contributed by atoms with E-state index in [1.807, 2.05) is 6.07 Å². The van der Waals surface area contributed by atoms with Gasteiger partial charge in [-0.25, -0.2) is 4.90 Å². The quantitative estimate of drug-likeness (QED) is 0.756. The van der Waals surface area contributed by atoms with E-state index in [9.17, 15) is 9.59 Å². The molecule has 0 saturated heterocycles. The lowest BCUT2D eigenvalue weighted by Crippen LogP contribution is -2.51. The number of benzene rings is 1. The van der Waals surface area contributed by atoms with E-state index in [2.05, 4.69) is 5.32 Å². The molecule has 2 amide bonds. The molecular formula is C13H15N3O3. The molecule has 0 bridgehead atoms. The number of carbonyl (C=O) groups excluding carboxylic acids is 2. The molecule has 1 aromatic rings. The lowest BCUT2D eigenvalue weighted by molar-refractivity contribution is -0.129. The van der Waals surface area contributed by atoms with E-state index in [1.165, 1.54) is 0 Å². The summed E-state index contributed by atoms with van der Waals surface area (Å²) in [5, 5.41) is 2.97. The maximum Gasteiger partial charge on any atom is 0.271 e. The number of imide groups is 1. The van der Waals surface area contributed by atoms with Crippen LogP contribution in [0.2, 0.25) is 0 Å². The normalized spacial score (nSPS) is 19.5. The summed E-state index contributed by atoms with van der Waals surface area (Å²) in [7, 11) is 1.77. The highest BCUT2D eigenvalue weighted by Crippen LogP contribution is 2.40. The van der Waals surface area contributed by atoms with Gasteiger partial charge in [0.15, 0.2) is 6.61 Å². The van der Waals surface area contributed by atoms with Crippen LogP contribution in [0.3, 0.4) is 0 Å². The Bertz CT molecular complexity index is 566. The largest absolute Gasteiger partial charge is 0.482 e. The Balaban J connectivity index is 2.05. The molecule has 0 aromatic heterocycles. The highest BCUT2D eigenvalue weighted by atomic mass is 16.5. The third kappa shape index (κ3) is 1.84. The van der Waals surface area contributed by atoms with Crippen LogP contribution >= 0.6 is 0 Å². The smallest absolute Gasteiger partial charge is 0.271 e. The lowest BCUT2D eigenvalue weighted by Gasteiger charge is -2.30. The van der Waals surface area contributed by atoms with Crippen molar-refractivity contribution in [3.05, 3.63) is 18.2 Å².